The van der Waals surface area contributed by atoms with Crippen LogP contribution in [-0.2, 0) is 19.1 Å². The Morgan fingerprint density at radius 1 is 1.06 bits per heavy atom. The second-order valence-corrected chi connectivity index (χ2v) is 7.68. The Morgan fingerprint density at radius 2 is 1.82 bits per heavy atom. The SMILES string of the molecule is CCOc1cc(/C=C2/SC(=O)N(CC(=O)Nc3ccccc3)C2=O)ccc1OCC(=O)OC. The molecule has 0 unspecified atom stereocenters. The quantitative estimate of drug-likeness (QED) is 0.439. The number of carbonyl (C=O) groups excluding carboxylic acids is 4. The topological polar surface area (TPSA) is 111 Å². The third-order valence-corrected chi connectivity index (χ3v) is 5.28. The van der Waals surface area contributed by atoms with Gasteiger partial charge in [0, 0.05) is 5.69 Å². The van der Waals surface area contributed by atoms with Gasteiger partial charge in [-0.05, 0) is 54.6 Å². The zero-order chi connectivity index (χ0) is 23.8. The summed E-state index contributed by atoms with van der Waals surface area (Å²) in [6.07, 6.45) is 1.53. The Bertz CT molecular complexity index is 1090. The fourth-order valence-corrected chi connectivity index (χ4v) is 3.69. The molecule has 33 heavy (non-hydrogen) atoms. The van der Waals surface area contributed by atoms with Crippen molar-refractivity contribution < 1.29 is 33.4 Å². The lowest BCUT2D eigenvalue weighted by atomic mass is 10.2. The second-order valence-electron chi connectivity index (χ2n) is 6.69. The monoisotopic (exact) mass is 470 g/mol. The van der Waals surface area contributed by atoms with Crippen LogP contribution in [0.1, 0.15) is 12.5 Å². The normalized spacial score (nSPS) is 14.4. The summed E-state index contributed by atoms with van der Waals surface area (Å²) in [4.78, 5) is 49.7. The van der Waals surface area contributed by atoms with Crippen molar-refractivity contribution in [2.45, 2.75) is 6.92 Å². The summed E-state index contributed by atoms with van der Waals surface area (Å²) in [5, 5.41) is 2.12. The van der Waals surface area contributed by atoms with Gasteiger partial charge >= 0.3 is 5.97 Å². The molecule has 1 heterocycles. The van der Waals surface area contributed by atoms with Crippen LogP contribution < -0.4 is 14.8 Å². The van der Waals surface area contributed by atoms with E-state index in [0.29, 0.717) is 29.4 Å². The van der Waals surface area contributed by atoms with Crippen LogP contribution in [0.4, 0.5) is 10.5 Å². The summed E-state index contributed by atoms with van der Waals surface area (Å²) >= 11 is 0.751. The Labute approximate surface area is 194 Å². The largest absolute Gasteiger partial charge is 0.490 e. The van der Waals surface area contributed by atoms with Crippen molar-refractivity contribution in [1.29, 1.82) is 0 Å². The molecule has 3 amide bonds. The molecule has 0 aliphatic carbocycles. The van der Waals surface area contributed by atoms with Crippen LogP contribution in [0.5, 0.6) is 11.5 Å². The molecule has 0 spiro atoms. The van der Waals surface area contributed by atoms with E-state index in [1.54, 1.807) is 49.4 Å². The number of amides is 3. The van der Waals surface area contributed by atoms with E-state index in [2.05, 4.69) is 10.1 Å². The minimum absolute atomic E-state index is 0.179. The van der Waals surface area contributed by atoms with Gasteiger partial charge in [-0.25, -0.2) is 4.79 Å². The van der Waals surface area contributed by atoms with E-state index in [9.17, 15) is 19.2 Å². The highest BCUT2D eigenvalue weighted by Crippen LogP contribution is 2.34. The number of imide groups is 1. The zero-order valence-electron chi connectivity index (χ0n) is 18.0. The second kappa shape index (κ2) is 11.2. The number of nitrogens with zero attached hydrogens (tertiary/aromatic N) is 1. The standard InChI is InChI=1S/C23H22N2O7S/c1-3-31-18-11-15(9-10-17(18)32-14-21(27)30-2)12-19-22(28)25(23(29)33-19)13-20(26)24-16-7-5-4-6-8-16/h4-12H,3,13-14H2,1-2H3,(H,24,26)/b19-12+. The van der Waals surface area contributed by atoms with Crippen LogP contribution >= 0.6 is 11.8 Å². The van der Waals surface area contributed by atoms with Gasteiger partial charge in [-0.15, -0.1) is 0 Å². The molecule has 0 atom stereocenters. The number of esters is 1. The molecule has 0 saturated carbocycles. The number of ether oxygens (including phenoxy) is 3. The van der Waals surface area contributed by atoms with Gasteiger partial charge in [-0.2, -0.15) is 0 Å². The van der Waals surface area contributed by atoms with Crippen molar-refractivity contribution in [1.82, 2.24) is 4.90 Å². The maximum Gasteiger partial charge on any atom is 0.343 e. The number of hydrogen-bond acceptors (Lipinski definition) is 8. The maximum absolute atomic E-state index is 12.7. The molecule has 0 aromatic heterocycles. The minimum atomic E-state index is -0.558. The van der Waals surface area contributed by atoms with Gasteiger partial charge in [0.05, 0.1) is 18.6 Å². The first-order chi connectivity index (χ1) is 15.9. The Morgan fingerprint density at radius 3 is 2.52 bits per heavy atom. The van der Waals surface area contributed by atoms with E-state index < -0.39 is 23.0 Å². The molecule has 1 saturated heterocycles. The van der Waals surface area contributed by atoms with Crippen molar-refractivity contribution in [3.63, 3.8) is 0 Å². The Balaban J connectivity index is 1.71. The molecule has 172 valence electrons. The van der Waals surface area contributed by atoms with E-state index in [0.717, 1.165) is 16.7 Å². The number of benzene rings is 2. The van der Waals surface area contributed by atoms with E-state index in [1.807, 2.05) is 6.07 Å². The van der Waals surface area contributed by atoms with Crippen molar-refractivity contribution in [2.24, 2.45) is 0 Å². The fourth-order valence-electron chi connectivity index (χ4n) is 2.85. The molecule has 2 aromatic rings. The number of rotatable bonds is 9. The molecular weight excluding hydrogens is 448 g/mol. The fraction of sp³-hybridized carbons (Fsp3) is 0.217. The van der Waals surface area contributed by atoms with Gasteiger partial charge in [0.25, 0.3) is 11.1 Å². The number of anilines is 1. The van der Waals surface area contributed by atoms with Crippen molar-refractivity contribution in [3.8, 4) is 11.5 Å². The predicted octanol–water partition coefficient (Wildman–Crippen LogP) is 3.31. The zero-order valence-corrected chi connectivity index (χ0v) is 18.8. The molecule has 0 bridgehead atoms. The summed E-state index contributed by atoms with van der Waals surface area (Å²) in [7, 11) is 1.26. The van der Waals surface area contributed by atoms with Crippen molar-refractivity contribution in [3.05, 3.63) is 59.0 Å². The van der Waals surface area contributed by atoms with E-state index in [4.69, 9.17) is 9.47 Å². The molecule has 3 rings (SSSR count). The predicted molar refractivity (Wildman–Crippen MR) is 123 cm³/mol. The number of carbonyl (C=O) groups is 4. The van der Waals surface area contributed by atoms with Gasteiger partial charge in [-0.3, -0.25) is 19.3 Å². The van der Waals surface area contributed by atoms with Crippen LogP contribution in [0.3, 0.4) is 0 Å². The Kier molecular flexibility index (Phi) is 8.09. The molecule has 1 aliphatic heterocycles. The molecule has 0 radical (unpaired) electrons. The summed E-state index contributed by atoms with van der Waals surface area (Å²) < 4.78 is 15.5. The molecular formula is C23H22N2O7S. The van der Waals surface area contributed by atoms with Crippen LogP contribution in [0.2, 0.25) is 0 Å². The number of para-hydroxylation sites is 1. The average Bonchev–Trinajstić information content (AvgIpc) is 3.06. The number of thioether (sulfide) groups is 1. The number of hydrogen-bond donors (Lipinski definition) is 1. The van der Waals surface area contributed by atoms with Gasteiger partial charge in [0.1, 0.15) is 6.54 Å². The summed E-state index contributed by atoms with van der Waals surface area (Å²) in [5.74, 6) is -0.860. The lowest BCUT2D eigenvalue weighted by molar-refractivity contribution is -0.143. The minimum Gasteiger partial charge on any atom is -0.490 e. The molecule has 1 aliphatic rings. The van der Waals surface area contributed by atoms with Gasteiger partial charge in [-0.1, -0.05) is 24.3 Å². The number of nitrogens with one attached hydrogen (secondary N) is 1. The average molecular weight is 471 g/mol. The first kappa shape index (κ1) is 23.9. The lowest BCUT2D eigenvalue weighted by Gasteiger charge is -2.13. The van der Waals surface area contributed by atoms with E-state index in [1.165, 1.54) is 13.2 Å². The van der Waals surface area contributed by atoms with Crippen LogP contribution in [-0.4, -0.2) is 54.8 Å². The molecule has 1 fully saturated rings. The van der Waals surface area contributed by atoms with Crippen molar-refractivity contribution >= 4 is 46.5 Å². The highest BCUT2D eigenvalue weighted by Gasteiger charge is 2.36. The number of methoxy groups -OCH3 is 1. The van der Waals surface area contributed by atoms with Gasteiger partial charge in [0.15, 0.2) is 18.1 Å². The van der Waals surface area contributed by atoms with Crippen LogP contribution in [0, 0.1) is 0 Å². The van der Waals surface area contributed by atoms with E-state index >= 15 is 0 Å². The molecule has 2 aromatic carbocycles. The van der Waals surface area contributed by atoms with Crippen molar-refractivity contribution in [2.75, 3.05) is 32.2 Å². The highest BCUT2D eigenvalue weighted by molar-refractivity contribution is 8.18. The molecule has 10 heteroatoms. The van der Waals surface area contributed by atoms with Crippen LogP contribution in [0.15, 0.2) is 53.4 Å². The smallest absolute Gasteiger partial charge is 0.343 e. The van der Waals surface area contributed by atoms with Crippen LogP contribution in [0.25, 0.3) is 6.08 Å². The summed E-state index contributed by atoms with van der Waals surface area (Å²) in [6.45, 7) is 1.48. The van der Waals surface area contributed by atoms with Gasteiger partial charge in [0.2, 0.25) is 5.91 Å². The summed E-state index contributed by atoms with van der Waals surface area (Å²) in [5.41, 5.74) is 1.16. The summed E-state index contributed by atoms with van der Waals surface area (Å²) in [6, 6.07) is 13.6. The third kappa shape index (κ3) is 6.36. The first-order valence-electron chi connectivity index (χ1n) is 9.98. The maximum atomic E-state index is 12.7. The van der Waals surface area contributed by atoms with Gasteiger partial charge < -0.3 is 19.5 Å². The molecule has 9 nitrogen and oxygen atoms in total. The van der Waals surface area contributed by atoms with E-state index in [-0.39, 0.29) is 18.1 Å². The third-order valence-electron chi connectivity index (χ3n) is 4.37. The lowest BCUT2D eigenvalue weighted by Crippen LogP contribution is -2.36. The molecule has 1 N–H and O–H groups in total. The first-order valence-corrected chi connectivity index (χ1v) is 10.8. The highest BCUT2D eigenvalue weighted by atomic mass is 32.2. The Hall–Kier alpha value is -3.79.